The fourth-order valence-corrected chi connectivity index (χ4v) is 1.71. The Hall–Kier alpha value is -0.530. The van der Waals surface area contributed by atoms with Crippen molar-refractivity contribution in [3.8, 4) is 0 Å². The number of unbranched alkanes of at least 4 members (excludes halogenated alkanes) is 4. The second-order valence-corrected chi connectivity index (χ2v) is 4.38. The van der Waals surface area contributed by atoms with Gasteiger partial charge in [-0.15, -0.1) is 24.0 Å². The Balaban J connectivity index is 0. The van der Waals surface area contributed by atoms with Crippen LogP contribution in [0.1, 0.15) is 52.4 Å². The van der Waals surface area contributed by atoms with Crippen molar-refractivity contribution in [1.82, 2.24) is 10.6 Å². The van der Waals surface area contributed by atoms with Gasteiger partial charge in [0.25, 0.3) is 0 Å². The Morgan fingerprint density at radius 2 is 1.55 bits per heavy atom. The van der Waals surface area contributed by atoms with Crippen molar-refractivity contribution in [2.45, 2.75) is 52.4 Å². The summed E-state index contributed by atoms with van der Waals surface area (Å²) in [7, 11) is 1.44. The molecule has 5 nitrogen and oxygen atoms in total. The average Bonchev–Trinajstić information content (AvgIpc) is 2.41. The van der Waals surface area contributed by atoms with E-state index in [1.807, 2.05) is 0 Å². The van der Waals surface area contributed by atoms with Crippen molar-refractivity contribution in [3.05, 3.63) is 0 Å². The first-order chi connectivity index (χ1) is 9.24. The van der Waals surface area contributed by atoms with Crippen LogP contribution in [-0.4, -0.2) is 38.7 Å². The van der Waals surface area contributed by atoms with Gasteiger partial charge in [-0.2, -0.15) is 0 Å². The topological polar surface area (TPSA) is 62.7 Å². The molecule has 0 unspecified atom stereocenters. The predicted molar refractivity (Wildman–Crippen MR) is 94.8 cm³/mol. The number of halogens is 1. The molecule has 0 aliphatic carbocycles. The minimum atomic E-state index is -0.106. The highest BCUT2D eigenvalue weighted by Gasteiger charge is 1.99. The SMILES string of the molecule is CCNC(=NCCCCCCCC(=O)OC)NCC.I. The number of carbonyl (C=O) groups excluding carboxylic acids is 1. The van der Waals surface area contributed by atoms with Crippen LogP contribution in [0.2, 0.25) is 0 Å². The van der Waals surface area contributed by atoms with Gasteiger partial charge in [-0.05, 0) is 26.7 Å². The fourth-order valence-electron chi connectivity index (χ4n) is 1.71. The molecular weight excluding hydrogens is 369 g/mol. The molecule has 0 aromatic rings. The Labute approximate surface area is 140 Å². The molecule has 120 valence electrons. The van der Waals surface area contributed by atoms with Crippen molar-refractivity contribution >= 4 is 35.9 Å². The Kier molecular flexibility index (Phi) is 18.0. The molecule has 0 atom stereocenters. The van der Waals surface area contributed by atoms with E-state index in [-0.39, 0.29) is 29.9 Å². The van der Waals surface area contributed by atoms with Crippen LogP contribution < -0.4 is 10.6 Å². The first-order valence-electron chi connectivity index (χ1n) is 7.33. The number of hydrogen-bond acceptors (Lipinski definition) is 3. The molecule has 20 heavy (non-hydrogen) atoms. The van der Waals surface area contributed by atoms with E-state index in [1.165, 1.54) is 7.11 Å². The first kappa shape index (κ1) is 21.8. The van der Waals surface area contributed by atoms with Crippen LogP contribution in [0.5, 0.6) is 0 Å². The van der Waals surface area contributed by atoms with Crippen LogP contribution >= 0.6 is 24.0 Å². The molecule has 0 bridgehead atoms. The lowest BCUT2D eigenvalue weighted by Gasteiger charge is -2.08. The lowest BCUT2D eigenvalue weighted by molar-refractivity contribution is -0.140. The van der Waals surface area contributed by atoms with Gasteiger partial charge < -0.3 is 15.4 Å². The largest absolute Gasteiger partial charge is 0.469 e. The summed E-state index contributed by atoms with van der Waals surface area (Å²) in [6.45, 7) is 6.76. The van der Waals surface area contributed by atoms with Crippen molar-refractivity contribution in [1.29, 1.82) is 0 Å². The smallest absolute Gasteiger partial charge is 0.305 e. The minimum absolute atomic E-state index is 0. The maximum absolute atomic E-state index is 10.9. The zero-order chi connectivity index (χ0) is 14.3. The van der Waals surface area contributed by atoms with Crippen LogP contribution in [0.25, 0.3) is 0 Å². The number of hydrogen-bond donors (Lipinski definition) is 2. The van der Waals surface area contributed by atoms with Gasteiger partial charge in [-0.25, -0.2) is 0 Å². The Morgan fingerprint density at radius 1 is 1.00 bits per heavy atom. The first-order valence-corrected chi connectivity index (χ1v) is 7.33. The number of guanidine groups is 1. The number of esters is 1. The molecule has 2 N–H and O–H groups in total. The predicted octanol–water partition coefficient (Wildman–Crippen LogP) is 2.69. The van der Waals surface area contributed by atoms with Crippen molar-refractivity contribution in [2.75, 3.05) is 26.7 Å². The molecule has 0 saturated heterocycles. The van der Waals surface area contributed by atoms with E-state index in [4.69, 9.17) is 0 Å². The number of ether oxygens (including phenoxy) is 1. The lowest BCUT2D eigenvalue weighted by Crippen LogP contribution is -2.37. The number of nitrogens with zero attached hydrogens (tertiary/aromatic N) is 1. The van der Waals surface area contributed by atoms with Crippen LogP contribution in [0.3, 0.4) is 0 Å². The highest BCUT2D eigenvalue weighted by atomic mass is 127. The molecule has 0 radical (unpaired) electrons. The zero-order valence-electron chi connectivity index (χ0n) is 13.0. The summed E-state index contributed by atoms with van der Waals surface area (Å²) in [5.74, 6) is 0.793. The van der Waals surface area contributed by atoms with Gasteiger partial charge in [-0.1, -0.05) is 19.3 Å². The Morgan fingerprint density at radius 3 is 2.10 bits per heavy atom. The van der Waals surface area contributed by atoms with E-state index < -0.39 is 0 Å². The standard InChI is InChI=1S/C14H29N3O2.HI/c1-4-15-14(16-5-2)17-12-10-8-6-7-9-11-13(18)19-3;/h4-12H2,1-3H3,(H2,15,16,17);1H. The van der Waals surface area contributed by atoms with Crippen molar-refractivity contribution in [2.24, 2.45) is 4.99 Å². The van der Waals surface area contributed by atoms with E-state index in [1.54, 1.807) is 0 Å². The van der Waals surface area contributed by atoms with Gasteiger partial charge in [0.1, 0.15) is 0 Å². The van der Waals surface area contributed by atoms with Crippen LogP contribution in [0.15, 0.2) is 4.99 Å². The van der Waals surface area contributed by atoms with E-state index >= 15 is 0 Å². The number of nitrogens with one attached hydrogen (secondary N) is 2. The summed E-state index contributed by atoms with van der Waals surface area (Å²) in [5.41, 5.74) is 0. The van der Waals surface area contributed by atoms with Gasteiger partial charge in [0.15, 0.2) is 5.96 Å². The fraction of sp³-hybridized carbons (Fsp3) is 0.857. The molecule has 0 amide bonds. The van der Waals surface area contributed by atoms with Gasteiger partial charge in [0, 0.05) is 26.1 Å². The van der Waals surface area contributed by atoms with Crippen molar-refractivity contribution < 1.29 is 9.53 Å². The summed E-state index contributed by atoms with van der Waals surface area (Å²) >= 11 is 0. The molecule has 0 fully saturated rings. The number of aliphatic imine (C=N–C) groups is 1. The third kappa shape index (κ3) is 13.9. The van der Waals surface area contributed by atoms with E-state index in [2.05, 4.69) is 34.2 Å². The van der Waals surface area contributed by atoms with Gasteiger partial charge >= 0.3 is 5.97 Å². The molecule has 0 aromatic heterocycles. The molecule has 0 spiro atoms. The number of carbonyl (C=O) groups is 1. The molecule has 0 aromatic carbocycles. The molecule has 0 aliphatic rings. The highest BCUT2D eigenvalue weighted by Crippen LogP contribution is 2.06. The van der Waals surface area contributed by atoms with Crippen LogP contribution in [0, 0.1) is 0 Å². The maximum atomic E-state index is 10.9. The third-order valence-electron chi connectivity index (χ3n) is 2.73. The average molecular weight is 399 g/mol. The van der Waals surface area contributed by atoms with E-state index in [0.29, 0.717) is 6.42 Å². The molecule has 6 heteroatoms. The lowest BCUT2D eigenvalue weighted by atomic mass is 10.1. The molecule has 0 saturated carbocycles. The van der Waals surface area contributed by atoms with Gasteiger partial charge in [0.05, 0.1) is 7.11 Å². The third-order valence-corrected chi connectivity index (χ3v) is 2.73. The van der Waals surface area contributed by atoms with E-state index in [9.17, 15) is 4.79 Å². The van der Waals surface area contributed by atoms with Gasteiger partial charge in [0.2, 0.25) is 0 Å². The highest BCUT2D eigenvalue weighted by molar-refractivity contribution is 14.0. The molecule has 0 rings (SSSR count). The van der Waals surface area contributed by atoms with Gasteiger partial charge in [-0.3, -0.25) is 9.79 Å². The second kappa shape index (κ2) is 16.5. The normalized spacial score (nSPS) is 9.35. The zero-order valence-corrected chi connectivity index (χ0v) is 15.4. The maximum Gasteiger partial charge on any atom is 0.305 e. The quantitative estimate of drug-likeness (QED) is 0.195. The molecular formula is C14H30IN3O2. The van der Waals surface area contributed by atoms with Crippen LogP contribution in [0.4, 0.5) is 0 Å². The Bertz CT molecular complexity index is 253. The summed E-state index contributed by atoms with van der Waals surface area (Å²) in [4.78, 5) is 15.4. The summed E-state index contributed by atoms with van der Waals surface area (Å²) in [5, 5.41) is 6.40. The molecule has 0 heterocycles. The van der Waals surface area contributed by atoms with Crippen LogP contribution in [-0.2, 0) is 9.53 Å². The van der Waals surface area contributed by atoms with Crippen molar-refractivity contribution in [3.63, 3.8) is 0 Å². The minimum Gasteiger partial charge on any atom is -0.469 e. The van der Waals surface area contributed by atoms with E-state index in [0.717, 1.165) is 57.7 Å². The number of methoxy groups -OCH3 is 1. The monoisotopic (exact) mass is 399 g/mol. The molecule has 0 aliphatic heterocycles. The second-order valence-electron chi connectivity index (χ2n) is 4.38. The summed E-state index contributed by atoms with van der Waals surface area (Å²) in [6.07, 6.45) is 5.97. The summed E-state index contributed by atoms with van der Waals surface area (Å²) < 4.78 is 4.60. The summed E-state index contributed by atoms with van der Waals surface area (Å²) in [6, 6.07) is 0. The number of rotatable bonds is 10.